The number of nitrogens with zero attached hydrogens (tertiary/aromatic N) is 1. The summed E-state index contributed by atoms with van der Waals surface area (Å²) >= 11 is 0. The summed E-state index contributed by atoms with van der Waals surface area (Å²) in [5.74, 6) is 0.345. The predicted molar refractivity (Wildman–Crippen MR) is 114 cm³/mol. The molecule has 7 heteroatoms. The molecule has 0 saturated heterocycles. The van der Waals surface area contributed by atoms with E-state index in [9.17, 15) is 14.9 Å². The maximum Gasteiger partial charge on any atom is 0.255 e. The summed E-state index contributed by atoms with van der Waals surface area (Å²) in [5, 5.41) is 15.0. The second-order valence-corrected chi connectivity index (χ2v) is 7.65. The topological polar surface area (TPSA) is 100 Å². The highest BCUT2D eigenvalue weighted by atomic mass is 16.5. The van der Waals surface area contributed by atoms with Crippen molar-refractivity contribution in [2.75, 3.05) is 13.2 Å². The summed E-state index contributed by atoms with van der Waals surface area (Å²) in [4.78, 5) is 26.0. The van der Waals surface area contributed by atoms with Crippen LogP contribution >= 0.6 is 0 Å². The van der Waals surface area contributed by atoms with Gasteiger partial charge in [-0.1, -0.05) is 24.3 Å². The van der Waals surface area contributed by atoms with Gasteiger partial charge in [0.2, 0.25) is 5.91 Å². The van der Waals surface area contributed by atoms with E-state index in [0.29, 0.717) is 36.5 Å². The fourth-order valence-corrected chi connectivity index (χ4v) is 3.31. The first kappa shape index (κ1) is 20.5. The lowest BCUT2D eigenvalue weighted by atomic mass is 10.0. The normalized spacial score (nSPS) is 20.7. The summed E-state index contributed by atoms with van der Waals surface area (Å²) in [6.45, 7) is 0.674. The Hall–Kier alpha value is -3.79. The number of para-hydroxylation sites is 1. The van der Waals surface area contributed by atoms with Crippen molar-refractivity contribution >= 4 is 11.8 Å². The van der Waals surface area contributed by atoms with Gasteiger partial charge in [0.15, 0.2) is 0 Å². The minimum absolute atomic E-state index is 0.279. The highest BCUT2D eigenvalue weighted by molar-refractivity contribution is 5.99. The lowest BCUT2D eigenvalue weighted by Crippen LogP contribution is -2.51. The largest absolute Gasteiger partial charge is 0.490 e. The molecule has 0 unspecified atom stereocenters. The summed E-state index contributed by atoms with van der Waals surface area (Å²) in [6, 6.07) is 15.6. The number of hydrogen-bond donors (Lipinski definition) is 2. The minimum atomic E-state index is -0.842. The Morgan fingerprint density at radius 2 is 1.77 bits per heavy atom. The van der Waals surface area contributed by atoms with E-state index in [4.69, 9.17) is 9.47 Å². The molecule has 2 N–H and O–H groups in total. The van der Waals surface area contributed by atoms with Crippen LogP contribution in [0.15, 0.2) is 60.7 Å². The van der Waals surface area contributed by atoms with Gasteiger partial charge in [0.25, 0.3) is 5.91 Å². The maximum absolute atomic E-state index is 13.0. The maximum atomic E-state index is 13.0. The molecule has 2 amide bonds. The summed E-state index contributed by atoms with van der Waals surface area (Å²) in [6.07, 6.45) is 5.19. The molecule has 31 heavy (non-hydrogen) atoms. The Bertz CT molecular complexity index is 1040. The van der Waals surface area contributed by atoms with E-state index in [-0.39, 0.29) is 18.9 Å². The first-order valence-corrected chi connectivity index (χ1v) is 10.2. The molecule has 2 aromatic carbocycles. The Balaban J connectivity index is 1.62. The molecule has 1 fully saturated rings. The molecular formula is C24H23N3O4. The van der Waals surface area contributed by atoms with Crippen LogP contribution in [0.1, 0.15) is 28.8 Å². The summed E-state index contributed by atoms with van der Waals surface area (Å²) in [5.41, 5.74) is 0.387. The fraction of sp³-hybridized carbons (Fsp3) is 0.292. The molecule has 2 aromatic rings. The Morgan fingerprint density at radius 1 is 1.06 bits per heavy atom. The number of carbonyl (C=O) groups is 2. The molecule has 7 nitrogen and oxygen atoms in total. The van der Waals surface area contributed by atoms with Crippen molar-refractivity contribution in [3.63, 3.8) is 0 Å². The number of benzene rings is 2. The number of ether oxygens (including phenoxy) is 2. The van der Waals surface area contributed by atoms with Crippen LogP contribution in [0.3, 0.4) is 0 Å². The van der Waals surface area contributed by atoms with Crippen LogP contribution in [0.2, 0.25) is 0 Å². The quantitative estimate of drug-likeness (QED) is 0.732. The van der Waals surface area contributed by atoms with E-state index in [1.807, 2.05) is 36.4 Å². The lowest BCUT2D eigenvalue weighted by molar-refractivity contribution is -0.123. The number of hydrogen-bond acceptors (Lipinski definition) is 5. The van der Waals surface area contributed by atoms with Crippen molar-refractivity contribution < 1.29 is 19.1 Å². The van der Waals surface area contributed by atoms with E-state index >= 15 is 0 Å². The van der Waals surface area contributed by atoms with Crippen LogP contribution < -0.4 is 20.1 Å². The van der Waals surface area contributed by atoms with Crippen LogP contribution in [0.25, 0.3) is 0 Å². The molecule has 1 atom stereocenters. The Morgan fingerprint density at radius 3 is 2.48 bits per heavy atom. The van der Waals surface area contributed by atoms with Crippen molar-refractivity contribution in [2.45, 2.75) is 30.8 Å². The molecule has 158 valence electrons. The predicted octanol–water partition coefficient (Wildman–Crippen LogP) is 2.53. The second kappa shape index (κ2) is 8.92. The van der Waals surface area contributed by atoms with E-state index in [0.717, 1.165) is 5.56 Å². The number of nitrogens with one attached hydrogen (secondary N) is 2. The van der Waals surface area contributed by atoms with Gasteiger partial charge in [-0.3, -0.25) is 9.59 Å². The zero-order chi connectivity index (χ0) is 21.7. The first-order chi connectivity index (χ1) is 15.1. The van der Waals surface area contributed by atoms with Gasteiger partial charge < -0.3 is 20.1 Å². The van der Waals surface area contributed by atoms with Gasteiger partial charge in [-0.15, -0.1) is 0 Å². The van der Waals surface area contributed by atoms with Gasteiger partial charge in [-0.2, -0.15) is 5.26 Å². The van der Waals surface area contributed by atoms with Crippen LogP contribution in [0.5, 0.6) is 11.5 Å². The first-order valence-electron chi connectivity index (χ1n) is 10.2. The number of rotatable bonds is 2. The molecule has 1 saturated carbocycles. The minimum Gasteiger partial charge on any atom is -0.490 e. The fourth-order valence-electron chi connectivity index (χ4n) is 3.31. The van der Waals surface area contributed by atoms with Crippen molar-refractivity contribution in [1.29, 1.82) is 5.26 Å². The van der Waals surface area contributed by atoms with E-state index in [1.54, 1.807) is 24.3 Å². The Kier molecular flexibility index (Phi) is 5.89. The highest BCUT2D eigenvalue weighted by Crippen LogP contribution is 2.34. The molecule has 2 heterocycles. The average molecular weight is 417 g/mol. The lowest BCUT2D eigenvalue weighted by Gasteiger charge is -2.21. The molecule has 3 aliphatic rings. The van der Waals surface area contributed by atoms with Crippen LogP contribution in [-0.2, 0) is 11.2 Å². The van der Waals surface area contributed by atoms with Crippen molar-refractivity contribution in [3.8, 4) is 17.6 Å². The zero-order valence-electron chi connectivity index (χ0n) is 17.0. The van der Waals surface area contributed by atoms with Crippen molar-refractivity contribution in [3.05, 3.63) is 71.8 Å². The molecular weight excluding hydrogens is 394 g/mol. The van der Waals surface area contributed by atoms with Gasteiger partial charge in [0.05, 0.1) is 11.6 Å². The molecule has 2 bridgehead atoms. The van der Waals surface area contributed by atoms with Gasteiger partial charge in [-0.25, -0.2) is 0 Å². The van der Waals surface area contributed by atoms with E-state index < -0.39 is 17.5 Å². The third-order valence-electron chi connectivity index (χ3n) is 5.29. The van der Waals surface area contributed by atoms with Gasteiger partial charge >= 0.3 is 0 Å². The van der Waals surface area contributed by atoms with Gasteiger partial charge in [-0.05, 0) is 54.8 Å². The average Bonchev–Trinajstić information content (AvgIpc) is 3.56. The number of carbonyl (C=O) groups excluding carboxylic acids is 2. The smallest absolute Gasteiger partial charge is 0.255 e. The molecule has 0 radical (unpaired) electrons. The third-order valence-corrected chi connectivity index (χ3v) is 5.29. The van der Waals surface area contributed by atoms with Crippen molar-refractivity contribution in [1.82, 2.24) is 10.6 Å². The third kappa shape index (κ3) is 5.04. The van der Waals surface area contributed by atoms with Crippen LogP contribution in [0.4, 0.5) is 0 Å². The Labute approximate surface area is 180 Å². The summed E-state index contributed by atoms with van der Waals surface area (Å²) < 4.78 is 11.4. The molecule has 0 aromatic heterocycles. The van der Waals surface area contributed by atoms with Crippen LogP contribution in [-0.4, -0.2) is 36.6 Å². The van der Waals surface area contributed by atoms with Gasteiger partial charge in [0, 0.05) is 6.42 Å². The SMILES string of the molecule is N#CC1(NC(=O)[C@@H]2Cc3ccc(cc3)OC/C=C\COc3ccccc3C(=O)N2)CC1. The highest BCUT2D eigenvalue weighted by Gasteiger charge is 2.45. The zero-order valence-corrected chi connectivity index (χ0v) is 17.0. The number of nitriles is 1. The second-order valence-electron chi connectivity index (χ2n) is 7.65. The van der Waals surface area contributed by atoms with E-state index in [1.165, 1.54) is 0 Å². The van der Waals surface area contributed by atoms with Gasteiger partial charge in [0.1, 0.15) is 36.3 Å². The monoisotopic (exact) mass is 417 g/mol. The number of fused-ring (bicyclic) bond motifs is 9. The molecule has 0 spiro atoms. The van der Waals surface area contributed by atoms with E-state index in [2.05, 4.69) is 16.7 Å². The molecule has 2 aliphatic heterocycles. The standard InChI is InChI=1S/C24H23N3O4/c25-16-24(11-12-24)27-23(29)20-15-17-7-9-18(10-8-17)30-13-3-4-14-31-21-6-2-1-5-19(21)22(28)26-20/h1-10,20H,11-15H2,(H,26,28)(H,27,29)/b4-3-/t20-/m0/s1. The van der Waals surface area contributed by atoms with Crippen molar-refractivity contribution in [2.24, 2.45) is 0 Å². The molecule has 5 rings (SSSR count). The van der Waals surface area contributed by atoms with Crippen LogP contribution in [0, 0.1) is 11.3 Å². The number of amides is 2. The molecule has 1 aliphatic carbocycles. The summed E-state index contributed by atoms with van der Waals surface area (Å²) in [7, 11) is 0.